The zero-order chi connectivity index (χ0) is 13.8. The van der Waals surface area contributed by atoms with Gasteiger partial charge in [0.1, 0.15) is 0 Å². The normalized spacial score (nSPS) is 18.8. The van der Waals surface area contributed by atoms with Crippen LogP contribution in [-0.2, 0) is 6.42 Å². The van der Waals surface area contributed by atoms with Gasteiger partial charge in [0.2, 0.25) is 0 Å². The van der Waals surface area contributed by atoms with E-state index >= 15 is 0 Å². The van der Waals surface area contributed by atoms with Crippen molar-refractivity contribution < 1.29 is 4.79 Å². The van der Waals surface area contributed by atoms with Gasteiger partial charge in [-0.3, -0.25) is 4.79 Å². The minimum atomic E-state index is -0.101. The quantitative estimate of drug-likeness (QED) is 0.610. The van der Waals surface area contributed by atoms with Crippen molar-refractivity contribution in [3.63, 3.8) is 0 Å². The van der Waals surface area contributed by atoms with Crippen LogP contribution in [0.25, 0.3) is 0 Å². The van der Waals surface area contributed by atoms with Gasteiger partial charge in [-0.15, -0.1) is 0 Å². The molecule has 0 aliphatic carbocycles. The van der Waals surface area contributed by atoms with E-state index in [1.54, 1.807) is 0 Å². The number of carbonyl (C=O) groups excluding carboxylic acids is 1. The van der Waals surface area contributed by atoms with E-state index in [1.165, 1.54) is 11.3 Å². The molecule has 0 amide bonds. The SMILES string of the molecule is CCCCNC(C)C(=O)c1ccc2c(c1)CC(C)N2. The number of ketones is 1. The smallest absolute Gasteiger partial charge is 0.179 e. The molecule has 2 rings (SSSR count). The first-order valence-electron chi connectivity index (χ1n) is 7.29. The van der Waals surface area contributed by atoms with E-state index in [4.69, 9.17) is 0 Å². The standard InChI is InChI=1S/C16H24N2O/c1-4-5-8-17-12(3)16(19)13-6-7-15-14(10-13)9-11(2)18-15/h6-7,10-12,17-18H,4-5,8-9H2,1-3H3. The van der Waals surface area contributed by atoms with Gasteiger partial charge < -0.3 is 10.6 Å². The van der Waals surface area contributed by atoms with Crippen LogP contribution >= 0.6 is 0 Å². The van der Waals surface area contributed by atoms with Crippen molar-refractivity contribution >= 4 is 11.5 Å². The maximum atomic E-state index is 12.3. The number of benzene rings is 1. The molecule has 104 valence electrons. The molecule has 0 bridgehead atoms. The number of unbranched alkanes of at least 4 members (excludes halogenated alkanes) is 1. The summed E-state index contributed by atoms with van der Waals surface area (Å²) in [5.41, 5.74) is 3.26. The molecule has 0 spiro atoms. The second-order valence-electron chi connectivity index (χ2n) is 5.52. The first-order valence-corrected chi connectivity index (χ1v) is 7.29. The number of anilines is 1. The van der Waals surface area contributed by atoms with Crippen molar-refractivity contribution in [3.05, 3.63) is 29.3 Å². The minimum absolute atomic E-state index is 0.101. The molecule has 3 heteroatoms. The lowest BCUT2D eigenvalue weighted by molar-refractivity contribution is 0.0951. The molecule has 1 aliphatic heterocycles. The summed E-state index contributed by atoms with van der Waals surface area (Å²) < 4.78 is 0. The lowest BCUT2D eigenvalue weighted by Crippen LogP contribution is -2.34. The van der Waals surface area contributed by atoms with Crippen molar-refractivity contribution in [2.45, 2.75) is 52.1 Å². The molecular formula is C16H24N2O. The Bertz CT molecular complexity index is 456. The van der Waals surface area contributed by atoms with Gasteiger partial charge in [0, 0.05) is 17.3 Å². The van der Waals surface area contributed by atoms with E-state index in [1.807, 2.05) is 25.1 Å². The number of nitrogens with one attached hydrogen (secondary N) is 2. The molecule has 3 nitrogen and oxygen atoms in total. The van der Waals surface area contributed by atoms with Gasteiger partial charge in [0.05, 0.1) is 6.04 Å². The van der Waals surface area contributed by atoms with E-state index in [9.17, 15) is 4.79 Å². The van der Waals surface area contributed by atoms with Crippen LogP contribution in [0.4, 0.5) is 5.69 Å². The Kier molecular flexibility index (Phi) is 4.59. The van der Waals surface area contributed by atoms with Crippen molar-refractivity contribution in [2.75, 3.05) is 11.9 Å². The molecule has 0 fully saturated rings. The van der Waals surface area contributed by atoms with E-state index in [2.05, 4.69) is 24.5 Å². The van der Waals surface area contributed by atoms with Crippen molar-refractivity contribution in [1.82, 2.24) is 5.32 Å². The molecule has 0 radical (unpaired) electrons. The van der Waals surface area contributed by atoms with Crippen LogP contribution in [0.3, 0.4) is 0 Å². The van der Waals surface area contributed by atoms with Crippen LogP contribution < -0.4 is 10.6 Å². The Labute approximate surface area is 115 Å². The number of hydrogen-bond donors (Lipinski definition) is 2. The number of Topliss-reactive ketones (excluding diaryl/α,β-unsaturated/α-hetero) is 1. The Hall–Kier alpha value is -1.35. The van der Waals surface area contributed by atoms with Gasteiger partial charge in [-0.05, 0) is 57.0 Å². The monoisotopic (exact) mass is 260 g/mol. The Morgan fingerprint density at radius 3 is 3.05 bits per heavy atom. The molecular weight excluding hydrogens is 236 g/mol. The highest BCUT2D eigenvalue weighted by atomic mass is 16.1. The molecule has 1 aromatic rings. The van der Waals surface area contributed by atoms with E-state index in [0.29, 0.717) is 6.04 Å². The van der Waals surface area contributed by atoms with Crippen LogP contribution in [0.1, 0.15) is 49.5 Å². The summed E-state index contributed by atoms with van der Waals surface area (Å²) in [7, 11) is 0. The molecule has 1 heterocycles. The van der Waals surface area contributed by atoms with Crippen LogP contribution in [0.15, 0.2) is 18.2 Å². The average Bonchev–Trinajstić information content (AvgIpc) is 2.77. The van der Waals surface area contributed by atoms with Gasteiger partial charge in [0.25, 0.3) is 0 Å². The predicted octanol–water partition coefficient (Wildman–Crippen LogP) is 3.00. The number of fused-ring (bicyclic) bond motifs is 1. The topological polar surface area (TPSA) is 41.1 Å². The van der Waals surface area contributed by atoms with E-state index in [0.717, 1.165) is 31.4 Å². The molecule has 2 unspecified atom stereocenters. The molecule has 0 saturated carbocycles. The lowest BCUT2D eigenvalue weighted by Gasteiger charge is -2.13. The molecule has 19 heavy (non-hydrogen) atoms. The van der Waals surface area contributed by atoms with Gasteiger partial charge in [0.15, 0.2) is 5.78 Å². The van der Waals surface area contributed by atoms with E-state index < -0.39 is 0 Å². The third-order valence-corrected chi connectivity index (χ3v) is 3.69. The highest BCUT2D eigenvalue weighted by molar-refractivity contribution is 6.00. The number of hydrogen-bond acceptors (Lipinski definition) is 3. The fourth-order valence-corrected chi connectivity index (χ4v) is 2.54. The molecule has 1 aliphatic rings. The Balaban J connectivity index is 2.02. The summed E-state index contributed by atoms with van der Waals surface area (Å²) in [4.78, 5) is 12.3. The highest BCUT2D eigenvalue weighted by Gasteiger charge is 2.20. The van der Waals surface area contributed by atoms with Gasteiger partial charge in [-0.1, -0.05) is 13.3 Å². The molecule has 1 aromatic carbocycles. The van der Waals surface area contributed by atoms with Crippen molar-refractivity contribution in [1.29, 1.82) is 0 Å². The Morgan fingerprint density at radius 2 is 2.32 bits per heavy atom. The average molecular weight is 260 g/mol. The second-order valence-corrected chi connectivity index (χ2v) is 5.52. The zero-order valence-electron chi connectivity index (χ0n) is 12.1. The molecule has 0 aromatic heterocycles. The largest absolute Gasteiger partial charge is 0.382 e. The van der Waals surface area contributed by atoms with E-state index in [-0.39, 0.29) is 11.8 Å². The van der Waals surface area contributed by atoms with Crippen LogP contribution in [0, 0.1) is 0 Å². The maximum Gasteiger partial charge on any atom is 0.179 e. The van der Waals surface area contributed by atoms with Gasteiger partial charge in [-0.2, -0.15) is 0 Å². The summed E-state index contributed by atoms with van der Waals surface area (Å²) >= 11 is 0. The first kappa shape index (κ1) is 14.1. The van der Waals surface area contributed by atoms with Crippen LogP contribution in [-0.4, -0.2) is 24.4 Å². The molecule has 2 N–H and O–H groups in total. The third-order valence-electron chi connectivity index (χ3n) is 3.69. The van der Waals surface area contributed by atoms with Crippen LogP contribution in [0.5, 0.6) is 0 Å². The van der Waals surface area contributed by atoms with Gasteiger partial charge >= 0.3 is 0 Å². The molecule has 0 saturated heterocycles. The third kappa shape index (κ3) is 3.35. The van der Waals surface area contributed by atoms with Gasteiger partial charge in [-0.25, -0.2) is 0 Å². The predicted molar refractivity (Wildman–Crippen MR) is 79.9 cm³/mol. The fraction of sp³-hybridized carbons (Fsp3) is 0.562. The van der Waals surface area contributed by atoms with Crippen LogP contribution in [0.2, 0.25) is 0 Å². The highest BCUT2D eigenvalue weighted by Crippen LogP contribution is 2.26. The maximum absolute atomic E-state index is 12.3. The zero-order valence-corrected chi connectivity index (χ0v) is 12.1. The fourth-order valence-electron chi connectivity index (χ4n) is 2.54. The summed E-state index contributed by atoms with van der Waals surface area (Å²) in [6, 6.07) is 6.39. The number of carbonyl (C=O) groups is 1. The summed E-state index contributed by atoms with van der Waals surface area (Å²) in [6.45, 7) is 7.18. The van der Waals surface area contributed by atoms with Crippen molar-refractivity contribution in [2.24, 2.45) is 0 Å². The Morgan fingerprint density at radius 1 is 1.53 bits per heavy atom. The molecule has 2 atom stereocenters. The minimum Gasteiger partial charge on any atom is -0.382 e. The first-order chi connectivity index (χ1) is 9.11. The van der Waals surface area contributed by atoms with Crippen molar-refractivity contribution in [3.8, 4) is 0 Å². The summed E-state index contributed by atoms with van der Waals surface area (Å²) in [5.74, 6) is 0.193. The lowest BCUT2D eigenvalue weighted by atomic mass is 10.0. The summed E-state index contributed by atoms with van der Waals surface area (Å²) in [5, 5.41) is 6.70. The second kappa shape index (κ2) is 6.20. The number of rotatable bonds is 6. The summed E-state index contributed by atoms with van der Waals surface area (Å²) in [6.07, 6.45) is 3.27.